The molecule has 0 aliphatic heterocycles. The lowest BCUT2D eigenvalue weighted by atomic mass is 10.2. The van der Waals surface area contributed by atoms with Crippen LogP contribution in [0.2, 0.25) is 0 Å². The van der Waals surface area contributed by atoms with E-state index in [0.717, 1.165) is 11.3 Å². The van der Waals surface area contributed by atoms with Crippen LogP contribution in [0.15, 0.2) is 30.3 Å². The van der Waals surface area contributed by atoms with Crippen molar-refractivity contribution in [2.45, 2.75) is 26.8 Å². The lowest BCUT2D eigenvalue weighted by molar-refractivity contribution is -0.384. The first kappa shape index (κ1) is 15.3. The molecule has 2 rings (SSSR count). The third kappa shape index (κ3) is 3.95. The van der Waals surface area contributed by atoms with Crippen molar-refractivity contribution < 1.29 is 9.66 Å². The van der Waals surface area contributed by atoms with E-state index in [9.17, 15) is 10.1 Å². The zero-order valence-electron chi connectivity index (χ0n) is 12.1. The van der Waals surface area contributed by atoms with Crippen molar-refractivity contribution in [2.24, 2.45) is 0 Å². The Balaban J connectivity index is 2.13. The predicted molar refractivity (Wildman–Crippen MR) is 85.3 cm³/mol. The molecular weight excluding hydrogens is 288 g/mol. The van der Waals surface area contributed by atoms with Gasteiger partial charge in [0.2, 0.25) is 0 Å². The highest BCUT2D eigenvalue weighted by Gasteiger charge is 2.15. The largest absolute Gasteiger partial charge is 0.494 e. The number of thiophene rings is 1. The number of hydrogen-bond acceptors (Lipinski definition) is 5. The van der Waals surface area contributed by atoms with E-state index in [1.54, 1.807) is 23.5 Å². The van der Waals surface area contributed by atoms with E-state index in [0.29, 0.717) is 24.6 Å². The van der Waals surface area contributed by atoms with Gasteiger partial charge in [0.25, 0.3) is 5.69 Å². The van der Waals surface area contributed by atoms with Gasteiger partial charge in [-0.1, -0.05) is 6.92 Å². The van der Waals surface area contributed by atoms with Gasteiger partial charge in [-0.05, 0) is 37.6 Å². The van der Waals surface area contributed by atoms with Crippen molar-refractivity contribution in [2.75, 3.05) is 11.9 Å². The van der Waals surface area contributed by atoms with Crippen molar-refractivity contribution >= 4 is 22.7 Å². The highest BCUT2D eigenvalue weighted by atomic mass is 32.1. The van der Waals surface area contributed by atoms with Crippen LogP contribution < -0.4 is 10.1 Å². The summed E-state index contributed by atoms with van der Waals surface area (Å²) >= 11 is 1.72. The number of nitrogens with one attached hydrogen (secondary N) is 1. The molecule has 0 aliphatic rings. The highest BCUT2D eigenvalue weighted by molar-refractivity contribution is 7.12. The summed E-state index contributed by atoms with van der Waals surface area (Å²) in [4.78, 5) is 13.2. The topological polar surface area (TPSA) is 64.4 Å². The Morgan fingerprint density at radius 1 is 1.24 bits per heavy atom. The molecule has 0 atom stereocenters. The van der Waals surface area contributed by atoms with Crippen LogP contribution in [0.5, 0.6) is 5.75 Å². The van der Waals surface area contributed by atoms with E-state index in [-0.39, 0.29) is 5.69 Å². The van der Waals surface area contributed by atoms with E-state index in [1.807, 2.05) is 6.92 Å². The highest BCUT2D eigenvalue weighted by Crippen LogP contribution is 2.30. The van der Waals surface area contributed by atoms with Crippen LogP contribution >= 0.6 is 11.3 Å². The van der Waals surface area contributed by atoms with Crippen LogP contribution in [0.3, 0.4) is 0 Å². The number of benzene rings is 1. The average Bonchev–Trinajstić information content (AvgIpc) is 2.94. The first-order chi connectivity index (χ1) is 10.1. The second-order valence-electron chi connectivity index (χ2n) is 4.44. The van der Waals surface area contributed by atoms with E-state index < -0.39 is 4.92 Å². The summed E-state index contributed by atoms with van der Waals surface area (Å²) in [5.41, 5.74) is 0.545. The summed E-state index contributed by atoms with van der Waals surface area (Å²) in [6.45, 7) is 5.03. The molecule has 0 amide bonds. The third-order valence-corrected chi connectivity index (χ3v) is 4.23. The molecule has 0 spiro atoms. The second kappa shape index (κ2) is 7.08. The molecule has 21 heavy (non-hydrogen) atoms. The molecule has 5 nitrogen and oxygen atoms in total. The molecule has 0 saturated carbocycles. The van der Waals surface area contributed by atoms with Crippen LogP contribution in [-0.2, 0) is 13.0 Å². The van der Waals surface area contributed by atoms with Gasteiger partial charge >= 0.3 is 0 Å². The van der Waals surface area contributed by atoms with Gasteiger partial charge in [0.15, 0.2) is 0 Å². The summed E-state index contributed by atoms with van der Waals surface area (Å²) in [5, 5.41) is 14.3. The van der Waals surface area contributed by atoms with E-state index in [2.05, 4.69) is 24.4 Å². The van der Waals surface area contributed by atoms with Crippen molar-refractivity contribution in [3.05, 3.63) is 50.2 Å². The Bertz CT molecular complexity index is 625. The Hall–Kier alpha value is -2.08. The smallest absolute Gasteiger partial charge is 0.296 e. The van der Waals surface area contributed by atoms with Gasteiger partial charge in [0.1, 0.15) is 11.4 Å². The minimum atomic E-state index is -0.392. The van der Waals surface area contributed by atoms with Crippen molar-refractivity contribution in [3.8, 4) is 5.75 Å². The number of rotatable bonds is 7. The van der Waals surface area contributed by atoms with Crippen molar-refractivity contribution in [1.29, 1.82) is 0 Å². The molecule has 0 saturated heterocycles. The van der Waals surface area contributed by atoms with Gasteiger partial charge in [0.05, 0.1) is 17.6 Å². The summed E-state index contributed by atoms with van der Waals surface area (Å²) in [6, 6.07) is 9.03. The van der Waals surface area contributed by atoms with Crippen molar-refractivity contribution in [3.63, 3.8) is 0 Å². The molecular formula is C15H18N2O3S. The Labute approximate surface area is 127 Å². The van der Waals surface area contributed by atoms with Gasteiger partial charge in [-0.15, -0.1) is 11.3 Å². The number of aryl methyl sites for hydroxylation is 1. The maximum Gasteiger partial charge on any atom is 0.296 e. The van der Waals surface area contributed by atoms with Crippen molar-refractivity contribution in [1.82, 2.24) is 0 Å². The quantitative estimate of drug-likeness (QED) is 0.614. The van der Waals surface area contributed by atoms with Crippen LogP contribution in [0.1, 0.15) is 23.6 Å². The molecule has 1 aromatic carbocycles. The number of nitro benzene ring substituents is 1. The molecule has 112 valence electrons. The SMILES string of the molecule is CCOc1ccc(NCc2ccc(CC)s2)c([N+](=O)[O-])c1. The Kier molecular flexibility index (Phi) is 5.16. The summed E-state index contributed by atoms with van der Waals surface area (Å²) in [6.07, 6.45) is 1.01. The maximum absolute atomic E-state index is 11.2. The number of anilines is 1. The lowest BCUT2D eigenvalue weighted by Gasteiger charge is -2.08. The van der Waals surface area contributed by atoms with Gasteiger partial charge in [-0.3, -0.25) is 10.1 Å². The van der Waals surface area contributed by atoms with Crippen LogP contribution in [-0.4, -0.2) is 11.5 Å². The van der Waals surface area contributed by atoms with E-state index >= 15 is 0 Å². The first-order valence-corrected chi connectivity index (χ1v) is 7.68. The standard InChI is InChI=1S/C15H18N2O3S/c1-3-12-6-7-13(21-12)10-16-14-8-5-11(20-4-2)9-15(14)17(18)19/h5-9,16H,3-4,10H2,1-2H3. The maximum atomic E-state index is 11.2. The normalized spacial score (nSPS) is 10.4. The number of nitro groups is 1. The zero-order valence-corrected chi connectivity index (χ0v) is 12.9. The molecule has 6 heteroatoms. The molecule has 0 unspecified atom stereocenters. The Morgan fingerprint density at radius 2 is 2.00 bits per heavy atom. The summed E-state index contributed by atoms with van der Waals surface area (Å²) in [5.74, 6) is 0.513. The van der Waals surface area contributed by atoms with Gasteiger partial charge in [0, 0.05) is 16.3 Å². The molecule has 1 N–H and O–H groups in total. The van der Waals surface area contributed by atoms with Crippen LogP contribution in [0.25, 0.3) is 0 Å². The van der Waals surface area contributed by atoms with Gasteiger partial charge in [-0.25, -0.2) is 0 Å². The average molecular weight is 306 g/mol. The molecule has 0 fully saturated rings. The van der Waals surface area contributed by atoms with Gasteiger partial charge in [-0.2, -0.15) is 0 Å². The number of nitrogens with zero attached hydrogens (tertiary/aromatic N) is 1. The minimum absolute atomic E-state index is 0.0354. The fourth-order valence-electron chi connectivity index (χ4n) is 1.96. The molecule has 0 aliphatic carbocycles. The zero-order chi connectivity index (χ0) is 15.2. The Morgan fingerprint density at radius 3 is 2.62 bits per heavy atom. The monoisotopic (exact) mass is 306 g/mol. The molecule has 0 radical (unpaired) electrons. The fraction of sp³-hybridized carbons (Fsp3) is 0.333. The molecule has 1 heterocycles. The van der Waals surface area contributed by atoms with E-state index in [4.69, 9.17) is 4.74 Å². The second-order valence-corrected chi connectivity index (χ2v) is 5.70. The number of hydrogen-bond donors (Lipinski definition) is 1. The lowest BCUT2D eigenvalue weighted by Crippen LogP contribution is -2.02. The predicted octanol–water partition coefficient (Wildman–Crippen LogP) is 4.23. The molecule has 1 aromatic heterocycles. The van der Waals surface area contributed by atoms with Gasteiger partial charge < -0.3 is 10.1 Å². The van der Waals surface area contributed by atoms with E-state index in [1.165, 1.54) is 10.9 Å². The molecule has 0 bridgehead atoms. The van der Waals surface area contributed by atoms with Crippen LogP contribution in [0, 0.1) is 10.1 Å². The summed E-state index contributed by atoms with van der Waals surface area (Å²) < 4.78 is 5.30. The summed E-state index contributed by atoms with van der Waals surface area (Å²) in [7, 11) is 0. The number of ether oxygens (including phenoxy) is 1. The first-order valence-electron chi connectivity index (χ1n) is 6.86. The minimum Gasteiger partial charge on any atom is -0.494 e. The third-order valence-electron chi connectivity index (χ3n) is 3.00. The van der Waals surface area contributed by atoms with Crippen LogP contribution in [0.4, 0.5) is 11.4 Å². The fourth-order valence-corrected chi connectivity index (χ4v) is 2.86. The molecule has 2 aromatic rings.